The van der Waals surface area contributed by atoms with Crippen molar-refractivity contribution < 1.29 is 4.52 Å². The molecule has 1 unspecified atom stereocenters. The van der Waals surface area contributed by atoms with Gasteiger partial charge in [-0.1, -0.05) is 5.16 Å². The van der Waals surface area contributed by atoms with E-state index in [1.807, 2.05) is 6.07 Å². The highest BCUT2D eigenvalue weighted by Crippen LogP contribution is 2.32. The van der Waals surface area contributed by atoms with Crippen molar-refractivity contribution >= 4 is 31.9 Å². The lowest BCUT2D eigenvalue weighted by Gasteiger charge is -2.15. The number of hydrogen-bond donors (Lipinski definition) is 1. The van der Waals surface area contributed by atoms with Crippen LogP contribution in [0.2, 0.25) is 0 Å². The summed E-state index contributed by atoms with van der Waals surface area (Å²) < 4.78 is 7.16. The summed E-state index contributed by atoms with van der Waals surface area (Å²) in [6, 6.07) is 1.91. The van der Waals surface area contributed by atoms with Gasteiger partial charge in [0, 0.05) is 21.7 Å². The molecule has 0 aromatic carbocycles. The van der Waals surface area contributed by atoms with E-state index in [4.69, 9.17) is 4.52 Å². The van der Waals surface area contributed by atoms with Crippen molar-refractivity contribution in [1.29, 1.82) is 0 Å². The lowest BCUT2D eigenvalue weighted by atomic mass is 9.90. The van der Waals surface area contributed by atoms with E-state index in [1.54, 1.807) is 6.20 Å². The second kappa shape index (κ2) is 4.96. The van der Waals surface area contributed by atoms with E-state index in [9.17, 15) is 0 Å². The fourth-order valence-electron chi connectivity index (χ4n) is 2.14. The summed E-state index contributed by atoms with van der Waals surface area (Å²) in [6.45, 7) is 3.98. The van der Waals surface area contributed by atoms with E-state index in [1.165, 1.54) is 0 Å². The molecule has 1 fully saturated rings. The number of pyridine rings is 1. The summed E-state index contributed by atoms with van der Waals surface area (Å²) in [5.41, 5.74) is 0.611. The van der Waals surface area contributed by atoms with Crippen LogP contribution >= 0.6 is 31.9 Å². The maximum Gasteiger partial charge on any atom is 0.234 e. The molecule has 0 saturated carbocycles. The van der Waals surface area contributed by atoms with Crippen LogP contribution in [-0.2, 0) is 5.41 Å². The molecule has 2 aromatic rings. The second-order valence-electron chi connectivity index (χ2n) is 4.89. The predicted octanol–water partition coefficient (Wildman–Crippen LogP) is 2.91. The highest BCUT2D eigenvalue weighted by Gasteiger charge is 2.36. The molecule has 1 atom stereocenters. The molecule has 0 amide bonds. The third kappa shape index (κ3) is 2.46. The Morgan fingerprint density at radius 3 is 2.95 bits per heavy atom. The number of aromatic nitrogens is 3. The summed E-state index contributed by atoms with van der Waals surface area (Å²) in [5.74, 6) is 1.19. The van der Waals surface area contributed by atoms with E-state index in [0.717, 1.165) is 28.5 Å². The molecule has 1 aliphatic rings. The van der Waals surface area contributed by atoms with Crippen LogP contribution in [0.4, 0.5) is 0 Å². The molecule has 0 bridgehead atoms. The summed E-state index contributed by atoms with van der Waals surface area (Å²) in [5, 5.41) is 7.37. The minimum Gasteiger partial charge on any atom is -0.338 e. The van der Waals surface area contributed by atoms with Crippen LogP contribution in [-0.4, -0.2) is 28.2 Å². The molecule has 0 spiro atoms. The fourth-order valence-corrected chi connectivity index (χ4v) is 3.31. The SMILES string of the molecule is CC1(c2nc(-c3ncc(Br)cc3Br)no2)CCNC1. The molecule has 0 radical (unpaired) electrons. The van der Waals surface area contributed by atoms with Crippen molar-refractivity contribution in [2.24, 2.45) is 0 Å². The third-order valence-corrected chi connectivity index (χ3v) is 4.37. The first-order valence-electron chi connectivity index (χ1n) is 5.95. The average Bonchev–Trinajstić information content (AvgIpc) is 2.99. The van der Waals surface area contributed by atoms with Crippen molar-refractivity contribution in [3.8, 4) is 11.5 Å². The molecule has 7 heteroatoms. The van der Waals surface area contributed by atoms with Crippen LogP contribution < -0.4 is 5.32 Å². The number of hydrogen-bond acceptors (Lipinski definition) is 5. The van der Waals surface area contributed by atoms with Gasteiger partial charge in [-0.3, -0.25) is 4.98 Å². The van der Waals surface area contributed by atoms with Crippen molar-refractivity contribution in [2.75, 3.05) is 13.1 Å². The van der Waals surface area contributed by atoms with E-state index in [-0.39, 0.29) is 5.41 Å². The van der Waals surface area contributed by atoms with Crippen LogP contribution in [0.5, 0.6) is 0 Å². The predicted molar refractivity (Wildman–Crippen MR) is 77.8 cm³/mol. The lowest BCUT2D eigenvalue weighted by Crippen LogP contribution is -2.25. The Morgan fingerprint density at radius 2 is 2.26 bits per heavy atom. The first-order valence-corrected chi connectivity index (χ1v) is 7.53. The van der Waals surface area contributed by atoms with Crippen LogP contribution in [0.15, 0.2) is 25.7 Å². The maximum atomic E-state index is 5.42. The number of rotatable bonds is 2. The van der Waals surface area contributed by atoms with E-state index >= 15 is 0 Å². The molecule has 1 saturated heterocycles. The monoisotopic (exact) mass is 386 g/mol. The van der Waals surface area contributed by atoms with Crippen molar-refractivity contribution in [2.45, 2.75) is 18.8 Å². The van der Waals surface area contributed by atoms with Gasteiger partial charge in [0.1, 0.15) is 5.69 Å². The van der Waals surface area contributed by atoms with Gasteiger partial charge in [-0.05, 0) is 57.8 Å². The van der Waals surface area contributed by atoms with Crippen molar-refractivity contribution in [1.82, 2.24) is 20.4 Å². The zero-order valence-corrected chi connectivity index (χ0v) is 13.5. The highest BCUT2D eigenvalue weighted by atomic mass is 79.9. The quantitative estimate of drug-likeness (QED) is 0.858. The van der Waals surface area contributed by atoms with E-state index in [0.29, 0.717) is 17.4 Å². The molecule has 2 aromatic heterocycles. The Hall–Kier alpha value is -0.790. The lowest BCUT2D eigenvalue weighted by molar-refractivity contribution is 0.306. The Bertz CT molecular complexity index is 608. The molecular weight excluding hydrogens is 376 g/mol. The summed E-state index contributed by atoms with van der Waals surface area (Å²) in [4.78, 5) is 8.82. The molecule has 1 N–H and O–H groups in total. The maximum absolute atomic E-state index is 5.42. The van der Waals surface area contributed by atoms with Gasteiger partial charge in [0.15, 0.2) is 0 Å². The topological polar surface area (TPSA) is 63.8 Å². The van der Waals surface area contributed by atoms with E-state index in [2.05, 4.69) is 59.2 Å². The molecule has 5 nitrogen and oxygen atoms in total. The van der Waals surface area contributed by atoms with Gasteiger partial charge in [-0.15, -0.1) is 0 Å². The molecule has 1 aliphatic heterocycles. The zero-order chi connectivity index (χ0) is 13.5. The molecular formula is C12H12Br2N4O. The van der Waals surface area contributed by atoms with Crippen LogP contribution in [0, 0.1) is 0 Å². The van der Waals surface area contributed by atoms with Crippen LogP contribution in [0.25, 0.3) is 11.5 Å². The first-order chi connectivity index (χ1) is 9.08. The molecule has 3 rings (SSSR count). The fraction of sp³-hybridized carbons (Fsp3) is 0.417. The van der Waals surface area contributed by atoms with Gasteiger partial charge >= 0.3 is 0 Å². The Labute approximate surface area is 127 Å². The molecule has 0 aliphatic carbocycles. The zero-order valence-electron chi connectivity index (χ0n) is 10.3. The Kier molecular flexibility index (Phi) is 3.44. The van der Waals surface area contributed by atoms with Crippen molar-refractivity contribution in [3.63, 3.8) is 0 Å². The van der Waals surface area contributed by atoms with E-state index < -0.39 is 0 Å². The first kappa shape index (κ1) is 13.2. The molecule has 100 valence electrons. The normalized spacial score (nSPS) is 22.9. The summed E-state index contributed by atoms with van der Waals surface area (Å²) in [6.07, 6.45) is 2.72. The Balaban J connectivity index is 1.97. The molecule has 19 heavy (non-hydrogen) atoms. The van der Waals surface area contributed by atoms with Gasteiger partial charge in [0.25, 0.3) is 0 Å². The molecule has 3 heterocycles. The van der Waals surface area contributed by atoms with Gasteiger partial charge in [-0.2, -0.15) is 4.98 Å². The van der Waals surface area contributed by atoms with Crippen LogP contribution in [0.1, 0.15) is 19.2 Å². The van der Waals surface area contributed by atoms with Gasteiger partial charge in [0.2, 0.25) is 11.7 Å². The highest BCUT2D eigenvalue weighted by molar-refractivity contribution is 9.11. The number of halogens is 2. The Morgan fingerprint density at radius 1 is 1.42 bits per heavy atom. The van der Waals surface area contributed by atoms with Gasteiger partial charge in [-0.25, -0.2) is 0 Å². The average molecular weight is 388 g/mol. The standard InChI is InChI=1S/C12H12Br2N4O/c1-12(2-3-15-6-12)11-17-10(18-19-11)9-8(14)4-7(13)5-16-9/h4-5,15H,2-3,6H2,1H3. The number of nitrogens with one attached hydrogen (secondary N) is 1. The smallest absolute Gasteiger partial charge is 0.234 e. The van der Waals surface area contributed by atoms with Crippen molar-refractivity contribution in [3.05, 3.63) is 27.1 Å². The summed E-state index contributed by atoms with van der Waals surface area (Å²) >= 11 is 6.83. The van der Waals surface area contributed by atoms with Gasteiger partial charge in [0.05, 0.1) is 5.41 Å². The minimum absolute atomic E-state index is 0.0763. The van der Waals surface area contributed by atoms with Gasteiger partial charge < -0.3 is 9.84 Å². The largest absolute Gasteiger partial charge is 0.338 e. The summed E-state index contributed by atoms with van der Waals surface area (Å²) in [7, 11) is 0. The number of nitrogens with zero attached hydrogens (tertiary/aromatic N) is 3. The van der Waals surface area contributed by atoms with Crippen LogP contribution in [0.3, 0.4) is 0 Å². The second-order valence-corrected chi connectivity index (χ2v) is 6.66. The third-order valence-electron chi connectivity index (χ3n) is 3.33. The minimum atomic E-state index is -0.0763.